The molecule has 0 bridgehead atoms. The van der Waals surface area contributed by atoms with Crippen LogP contribution in [0, 0.1) is 0 Å². The number of aliphatic hydroxyl groups excluding tert-OH is 5. The summed E-state index contributed by atoms with van der Waals surface area (Å²) >= 11 is 0. The lowest BCUT2D eigenvalue weighted by molar-refractivity contribution is -0.302. The summed E-state index contributed by atoms with van der Waals surface area (Å²) in [7, 11) is 0. The molecule has 0 aromatic rings. The molecule has 1 fully saturated rings. The first kappa shape index (κ1) is 82.1. The highest BCUT2D eigenvalue weighted by molar-refractivity contribution is 5.76. The molecule has 6 N–H and O–H groups in total. The van der Waals surface area contributed by atoms with Crippen molar-refractivity contribution in [3.8, 4) is 0 Å². The van der Waals surface area contributed by atoms with E-state index in [2.05, 4.69) is 153 Å². The molecule has 0 aromatic heterocycles. The minimum absolute atomic E-state index is 0.191. The van der Waals surface area contributed by atoms with Crippen LogP contribution < -0.4 is 5.32 Å². The minimum atomic E-state index is -1.58. The molecular weight excluding hydrogens is 1090 g/mol. The third kappa shape index (κ3) is 53.9. The van der Waals surface area contributed by atoms with Crippen molar-refractivity contribution in [2.45, 2.75) is 333 Å². The summed E-state index contributed by atoms with van der Waals surface area (Å²) in [5.74, 6) is -0.191. The van der Waals surface area contributed by atoms with Gasteiger partial charge in [0.25, 0.3) is 0 Å². The lowest BCUT2D eigenvalue weighted by Gasteiger charge is -2.40. The summed E-state index contributed by atoms with van der Waals surface area (Å²) < 4.78 is 11.3. The zero-order valence-electron chi connectivity index (χ0n) is 56.2. The number of carbonyl (C=O) groups excluding carboxylic acids is 1. The first-order chi connectivity index (χ1) is 43.3. The van der Waals surface area contributed by atoms with E-state index in [0.29, 0.717) is 6.42 Å². The number of aliphatic hydroxyl groups is 5. The maximum absolute atomic E-state index is 13.1. The topological polar surface area (TPSA) is 149 Å². The Morgan fingerprint density at radius 2 is 0.705 bits per heavy atom. The second-order valence-corrected chi connectivity index (χ2v) is 24.3. The predicted molar refractivity (Wildman–Crippen MR) is 377 cm³/mol. The van der Waals surface area contributed by atoms with Crippen LogP contribution in [0.1, 0.15) is 290 Å². The van der Waals surface area contributed by atoms with Crippen molar-refractivity contribution in [2.24, 2.45) is 0 Å². The van der Waals surface area contributed by atoms with Gasteiger partial charge in [-0.3, -0.25) is 4.79 Å². The van der Waals surface area contributed by atoms with Gasteiger partial charge in [-0.1, -0.05) is 327 Å². The standard InChI is InChI=1S/C79H133NO8/c1-3-5-7-9-11-13-15-17-19-21-23-25-27-29-30-31-32-33-34-35-36-37-38-39-40-41-42-43-44-45-47-49-51-53-55-57-59-61-63-65-67-69-75(83)80-72(71-87-79-78(86)77(85)76(84)74(70-81)88-79)73(82)68-66-64-62-60-58-56-54-52-50-48-46-28-26-24-22-20-18-16-14-12-10-8-6-4-2/h5,7,11,13,17,19,23,25,29-30,32-33,35-36,38-39,41-42,44-45,49,51,66,68,72-74,76-79,81-82,84-86H,3-4,6,8-10,12,14-16,18,20-22,24,26-28,31,34,37,40,43,46-48,50,52-65,67,69-71H2,1-2H3,(H,80,83)/b7-5-,13-11-,19-17-,25-23-,30-29-,33-32-,36-35-,39-38-,42-41-,45-44-,51-49-,68-66+. The van der Waals surface area contributed by atoms with E-state index in [4.69, 9.17) is 9.47 Å². The third-order valence-corrected chi connectivity index (χ3v) is 16.2. The van der Waals surface area contributed by atoms with E-state index in [0.717, 1.165) is 122 Å². The highest BCUT2D eigenvalue weighted by Crippen LogP contribution is 2.23. The van der Waals surface area contributed by atoms with Crippen molar-refractivity contribution in [3.05, 3.63) is 146 Å². The molecule has 7 atom stereocenters. The van der Waals surface area contributed by atoms with Gasteiger partial charge in [0.2, 0.25) is 5.91 Å². The van der Waals surface area contributed by atoms with Gasteiger partial charge < -0.3 is 40.3 Å². The summed E-state index contributed by atoms with van der Waals surface area (Å²) in [6, 6.07) is -0.823. The Morgan fingerprint density at radius 3 is 1.05 bits per heavy atom. The smallest absolute Gasteiger partial charge is 0.220 e. The molecule has 9 nitrogen and oxygen atoms in total. The molecule has 0 spiro atoms. The van der Waals surface area contributed by atoms with E-state index >= 15 is 0 Å². The molecule has 0 aromatic carbocycles. The zero-order valence-corrected chi connectivity index (χ0v) is 56.2. The van der Waals surface area contributed by atoms with Crippen molar-refractivity contribution in [1.29, 1.82) is 0 Å². The zero-order chi connectivity index (χ0) is 63.5. The molecular formula is C79H133NO8. The van der Waals surface area contributed by atoms with Crippen molar-refractivity contribution >= 4 is 5.91 Å². The number of carbonyl (C=O) groups is 1. The van der Waals surface area contributed by atoms with Gasteiger partial charge in [0.15, 0.2) is 6.29 Å². The van der Waals surface area contributed by atoms with Crippen LogP contribution in [0.15, 0.2) is 146 Å². The van der Waals surface area contributed by atoms with Gasteiger partial charge in [0.1, 0.15) is 24.4 Å². The number of nitrogens with one attached hydrogen (secondary N) is 1. The molecule has 9 heteroatoms. The van der Waals surface area contributed by atoms with E-state index < -0.39 is 49.5 Å². The third-order valence-electron chi connectivity index (χ3n) is 16.2. The Balaban J connectivity index is 2.17. The van der Waals surface area contributed by atoms with E-state index in [-0.39, 0.29) is 12.5 Å². The first-order valence-electron chi connectivity index (χ1n) is 36.1. The van der Waals surface area contributed by atoms with Gasteiger partial charge >= 0.3 is 0 Å². The molecule has 0 saturated carbocycles. The fraction of sp³-hybridized carbons (Fsp3) is 0.684. The average molecular weight is 1220 g/mol. The SMILES string of the molecule is CC/C=C\C/C=C\C/C=C\C/C=C\C/C=C\C/C=C\C/C=C\C/C=C\C/C=C\C/C=C\C/C=C\CCCCCCCCCC(=O)NC(COC1OC(CO)C(O)C(O)C1O)C(O)/C=C/CCCCCCCCCCCCCCCCCCCCCCCC. The summed E-state index contributed by atoms with van der Waals surface area (Å²) in [5.41, 5.74) is 0. The number of hydrogen-bond donors (Lipinski definition) is 6. The van der Waals surface area contributed by atoms with Crippen LogP contribution in [0.3, 0.4) is 0 Å². The number of allylic oxidation sites excluding steroid dienone is 23. The van der Waals surface area contributed by atoms with E-state index in [9.17, 15) is 30.3 Å². The van der Waals surface area contributed by atoms with Crippen LogP contribution in [0.2, 0.25) is 0 Å². The van der Waals surface area contributed by atoms with E-state index in [1.54, 1.807) is 6.08 Å². The number of rotatable bonds is 61. The molecule has 7 unspecified atom stereocenters. The fourth-order valence-electron chi connectivity index (χ4n) is 10.6. The second kappa shape index (κ2) is 66.0. The van der Waals surface area contributed by atoms with Crippen LogP contribution >= 0.6 is 0 Å². The van der Waals surface area contributed by atoms with Crippen LogP contribution in [0.4, 0.5) is 0 Å². The van der Waals surface area contributed by atoms with Crippen molar-refractivity contribution in [2.75, 3.05) is 13.2 Å². The molecule has 1 aliphatic heterocycles. The summed E-state index contributed by atoms with van der Waals surface area (Å²) in [5, 5.41) is 54.8. The molecule has 1 amide bonds. The van der Waals surface area contributed by atoms with Crippen molar-refractivity contribution in [1.82, 2.24) is 5.32 Å². The highest BCUT2D eigenvalue weighted by Gasteiger charge is 2.44. The number of unbranched alkanes of at least 4 members (excludes halogenated alkanes) is 29. The predicted octanol–water partition coefficient (Wildman–Crippen LogP) is 20.1. The molecule has 0 aliphatic carbocycles. The quantitative estimate of drug-likeness (QED) is 0.0261. The van der Waals surface area contributed by atoms with Gasteiger partial charge in [-0.05, 0) is 103 Å². The first-order valence-corrected chi connectivity index (χ1v) is 36.1. The molecule has 1 heterocycles. The lowest BCUT2D eigenvalue weighted by atomic mass is 9.99. The summed E-state index contributed by atoms with van der Waals surface area (Å²) in [6.07, 6.45) is 95.1. The number of ether oxygens (including phenoxy) is 2. The molecule has 0 radical (unpaired) electrons. The van der Waals surface area contributed by atoms with Crippen LogP contribution in [-0.2, 0) is 14.3 Å². The molecule has 88 heavy (non-hydrogen) atoms. The maximum Gasteiger partial charge on any atom is 0.220 e. The largest absolute Gasteiger partial charge is 0.394 e. The monoisotopic (exact) mass is 1220 g/mol. The fourth-order valence-corrected chi connectivity index (χ4v) is 10.6. The van der Waals surface area contributed by atoms with Crippen LogP contribution in [0.25, 0.3) is 0 Å². The van der Waals surface area contributed by atoms with E-state index in [1.165, 1.54) is 148 Å². The van der Waals surface area contributed by atoms with Crippen LogP contribution in [0.5, 0.6) is 0 Å². The van der Waals surface area contributed by atoms with Gasteiger partial charge in [0.05, 0.1) is 25.4 Å². The normalized spacial score (nSPS) is 18.8. The Morgan fingerprint density at radius 1 is 0.398 bits per heavy atom. The number of amides is 1. The van der Waals surface area contributed by atoms with Crippen molar-refractivity contribution in [3.63, 3.8) is 0 Å². The Kier molecular flexibility index (Phi) is 61.6. The Labute approximate surface area is 540 Å². The lowest BCUT2D eigenvalue weighted by Crippen LogP contribution is -2.60. The maximum atomic E-state index is 13.1. The van der Waals surface area contributed by atoms with Gasteiger partial charge in [-0.15, -0.1) is 0 Å². The molecule has 1 saturated heterocycles. The van der Waals surface area contributed by atoms with Crippen LogP contribution in [-0.4, -0.2) is 87.5 Å². The van der Waals surface area contributed by atoms with Gasteiger partial charge in [-0.25, -0.2) is 0 Å². The van der Waals surface area contributed by atoms with Gasteiger partial charge in [0, 0.05) is 6.42 Å². The van der Waals surface area contributed by atoms with E-state index in [1.807, 2.05) is 6.08 Å². The number of hydrogen-bond acceptors (Lipinski definition) is 8. The Bertz CT molecular complexity index is 1900. The Hall–Kier alpha value is -3.93. The second-order valence-electron chi connectivity index (χ2n) is 24.3. The van der Waals surface area contributed by atoms with Crippen molar-refractivity contribution < 1.29 is 39.8 Å². The molecule has 502 valence electrons. The van der Waals surface area contributed by atoms with Gasteiger partial charge in [-0.2, -0.15) is 0 Å². The highest BCUT2D eigenvalue weighted by atomic mass is 16.7. The molecule has 1 aliphatic rings. The summed E-state index contributed by atoms with van der Waals surface area (Å²) in [6.45, 7) is 3.68. The summed E-state index contributed by atoms with van der Waals surface area (Å²) in [4.78, 5) is 13.1. The average Bonchev–Trinajstić information content (AvgIpc) is 3.31. The minimum Gasteiger partial charge on any atom is -0.394 e. The molecule has 1 rings (SSSR count).